The average Bonchev–Trinajstić information content (AvgIpc) is 2.61. The van der Waals surface area contributed by atoms with Crippen molar-refractivity contribution in [2.45, 2.75) is 38.1 Å². The number of nitrogens with one attached hydrogen (secondary N) is 1. The molecule has 1 aliphatic carbocycles. The van der Waals surface area contributed by atoms with Gasteiger partial charge in [0, 0.05) is 36.9 Å². The topological polar surface area (TPSA) is 45.2 Å². The largest absolute Gasteiger partial charge is 0.351 e. The molecule has 0 aliphatic heterocycles. The van der Waals surface area contributed by atoms with Gasteiger partial charge in [-0.05, 0) is 25.3 Å². The summed E-state index contributed by atoms with van der Waals surface area (Å²) in [4.78, 5) is 19.0. The highest BCUT2D eigenvalue weighted by Crippen LogP contribution is 2.21. The van der Waals surface area contributed by atoms with E-state index in [9.17, 15) is 4.79 Å². The van der Waals surface area contributed by atoms with Crippen LogP contribution >= 0.6 is 0 Å². The van der Waals surface area contributed by atoms with Gasteiger partial charge in [-0.1, -0.05) is 43.5 Å². The Morgan fingerprint density at radius 3 is 2.83 bits per heavy atom. The highest BCUT2D eigenvalue weighted by atomic mass is 16.1. The molecule has 0 unspecified atom stereocenters. The number of nitrogens with zero attached hydrogens (tertiary/aromatic N) is 2. The predicted molar refractivity (Wildman–Crippen MR) is 93.6 cm³/mol. The van der Waals surface area contributed by atoms with Crippen LogP contribution < -0.4 is 5.32 Å². The SMILES string of the molecule is CN(CCNC(=O)c1cncc2ccccc12)C1CCCCC1. The molecule has 1 N–H and O–H groups in total. The number of hydrogen-bond donors (Lipinski definition) is 1. The summed E-state index contributed by atoms with van der Waals surface area (Å²) in [5, 5.41) is 5.00. The first-order valence-electron chi connectivity index (χ1n) is 8.57. The van der Waals surface area contributed by atoms with Gasteiger partial charge < -0.3 is 10.2 Å². The van der Waals surface area contributed by atoms with Crippen molar-refractivity contribution in [1.29, 1.82) is 0 Å². The van der Waals surface area contributed by atoms with Crippen molar-refractivity contribution in [3.8, 4) is 0 Å². The molecule has 1 aromatic heterocycles. The van der Waals surface area contributed by atoms with Crippen molar-refractivity contribution in [1.82, 2.24) is 15.2 Å². The number of fused-ring (bicyclic) bond motifs is 1. The molecule has 1 heterocycles. The Labute approximate surface area is 137 Å². The van der Waals surface area contributed by atoms with Gasteiger partial charge in [-0.3, -0.25) is 9.78 Å². The van der Waals surface area contributed by atoms with Crippen LogP contribution in [-0.4, -0.2) is 42.0 Å². The molecule has 4 heteroatoms. The zero-order chi connectivity index (χ0) is 16.1. The predicted octanol–water partition coefficient (Wildman–Crippen LogP) is 3.23. The normalized spacial score (nSPS) is 15.9. The van der Waals surface area contributed by atoms with E-state index in [0.717, 1.165) is 17.3 Å². The highest BCUT2D eigenvalue weighted by Gasteiger charge is 2.18. The Morgan fingerprint density at radius 1 is 1.22 bits per heavy atom. The van der Waals surface area contributed by atoms with E-state index in [1.54, 1.807) is 12.4 Å². The van der Waals surface area contributed by atoms with Crippen molar-refractivity contribution < 1.29 is 4.79 Å². The minimum atomic E-state index is -0.0358. The Balaban J connectivity index is 1.56. The first-order chi connectivity index (χ1) is 11.3. The number of hydrogen-bond acceptors (Lipinski definition) is 3. The molecule has 1 aromatic carbocycles. The van der Waals surface area contributed by atoms with Crippen LogP contribution in [0.3, 0.4) is 0 Å². The van der Waals surface area contributed by atoms with Crippen LogP contribution in [0.5, 0.6) is 0 Å². The second kappa shape index (κ2) is 7.55. The smallest absolute Gasteiger partial charge is 0.253 e. The van der Waals surface area contributed by atoms with Crippen LogP contribution in [0.25, 0.3) is 10.8 Å². The maximum Gasteiger partial charge on any atom is 0.253 e. The van der Waals surface area contributed by atoms with E-state index in [1.165, 1.54) is 32.1 Å². The van der Waals surface area contributed by atoms with Crippen molar-refractivity contribution in [2.24, 2.45) is 0 Å². The first kappa shape index (κ1) is 15.9. The lowest BCUT2D eigenvalue weighted by Crippen LogP contribution is -2.39. The molecule has 0 atom stereocenters. The third-order valence-corrected chi connectivity index (χ3v) is 4.86. The maximum absolute atomic E-state index is 12.4. The quantitative estimate of drug-likeness (QED) is 0.922. The fraction of sp³-hybridized carbons (Fsp3) is 0.474. The average molecular weight is 311 g/mol. The lowest BCUT2D eigenvalue weighted by Gasteiger charge is -2.31. The minimum Gasteiger partial charge on any atom is -0.351 e. The maximum atomic E-state index is 12.4. The second-order valence-electron chi connectivity index (χ2n) is 6.44. The van der Waals surface area contributed by atoms with Crippen molar-refractivity contribution in [2.75, 3.05) is 20.1 Å². The fourth-order valence-corrected chi connectivity index (χ4v) is 3.44. The third-order valence-electron chi connectivity index (χ3n) is 4.86. The Morgan fingerprint density at radius 2 is 2.00 bits per heavy atom. The molecule has 3 rings (SSSR count). The zero-order valence-electron chi connectivity index (χ0n) is 13.8. The summed E-state index contributed by atoms with van der Waals surface area (Å²) in [6.07, 6.45) is 10.1. The third kappa shape index (κ3) is 3.88. The summed E-state index contributed by atoms with van der Waals surface area (Å²) in [6.45, 7) is 1.57. The molecule has 122 valence electrons. The standard InChI is InChI=1S/C19H25N3O/c1-22(16-8-3-2-4-9-16)12-11-21-19(23)18-14-20-13-15-7-5-6-10-17(15)18/h5-7,10,13-14,16H,2-4,8-9,11-12H2,1H3,(H,21,23). The number of carbonyl (C=O) groups is 1. The second-order valence-corrected chi connectivity index (χ2v) is 6.44. The summed E-state index contributed by atoms with van der Waals surface area (Å²) < 4.78 is 0. The van der Waals surface area contributed by atoms with Gasteiger partial charge in [-0.2, -0.15) is 0 Å². The van der Waals surface area contributed by atoms with Crippen LogP contribution in [0, 0.1) is 0 Å². The summed E-state index contributed by atoms with van der Waals surface area (Å²) in [5.74, 6) is -0.0358. The van der Waals surface area contributed by atoms with Crippen molar-refractivity contribution in [3.05, 3.63) is 42.2 Å². The molecule has 1 aliphatic rings. The van der Waals surface area contributed by atoms with E-state index in [-0.39, 0.29) is 5.91 Å². The molecule has 1 amide bonds. The lowest BCUT2D eigenvalue weighted by molar-refractivity contribution is 0.0946. The number of pyridine rings is 1. The van der Waals surface area contributed by atoms with Gasteiger partial charge in [-0.15, -0.1) is 0 Å². The lowest BCUT2D eigenvalue weighted by atomic mass is 9.94. The van der Waals surface area contributed by atoms with E-state index >= 15 is 0 Å². The highest BCUT2D eigenvalue weighted by molar-refractivity contribution is 6.06. The molecule has 0 bridgehead atoms. The van der Waals surface area contributed by atoms with Gasteiger partial charge in [0.15, 0.2) is 0 Å². The Hall–Kier alpha value is -1.94. The molecule has 2 aromatic rings. The number of rotatable bonds is 5. The Bertz CT molecular complexity index is 659. The molecule has 23 heavy (non-hydrogen) atoms. The summed E-state index contributed by atoms with van der Waals surface area (Å²) >= 11 is 0. The van der Waals surface area contributed by atoms with E-state index in [4.69, 9.17) is 0 Å². The van der Waals surface area contributed by atoms with Crippen LogP contribution in [0.15, 0.2) is 36.7 Å². The molecule has 0 radical (unpaired) electrons. The van der Waals surface area contributed by atoms with Gasteiger partial charge in [0.2, 0.25) is 0 Å². The van der Waals surface area contributed by atoms with E-state index < -0.39 is 0 Å². The monoisotopic (exact) mass is 311 g/mol. The van der Waals surface area contributed by atoms with E-state index in [0.29, 0.717) is 18.2 Å². The fourth-order valence-electron chi connectivity index (χ4n) is 3.44. The van der Waals surface area contributed by atoms with Crippen LogP contribution in [0.4, 0.5) is 0 Å². The van der Waals surface area contributed by atoms with Crippen LogP contribution in [0.2, 0.25) is 0 Å². The van der Waals surface area contributed by atoms with Gasteiger partial charge in [0.25, 0.3) is 5.91 Å². The zero-order valence-corrected chi connectivity index (χ0v) is 13.8. The Kier molecular flexibility index (Phi) is 5.23. The van der Waals surface area contributed by atoms with Crippen molar-refractivity contribution in [3.63, 3.8) is 0 Å². The van der Waals surface area contributed by atoms with Gasteiger partial charge in [-0.25, -0.2) is 0 Å². The summed E-state index contributed by atoms with van der Waals surface area (Å²) in [7, 11) is 2.17. The number of likely N-dealkylation sites (N-methyl/N-ethyl adjacent to an activating group) is 1. The molecule has 1 fully saturated rings. The molecule has 0 spiro atoms. The number of aromatic nitrogens is 1. The van der Waals surface area contributed by atoms with Crippen molar-refractivity contribution >= 4 is 16.7 Å². The van der Waals surface area contributed by atoms with Gasteiger partial charge in [0.05, 0.1) is 5.56 Å². The first-order valence-corrected chi connectivity index (χ1v) is 8.57. The molecular weight excluding hydrogens is 286 g/mol. The molecule has 0 saturated heterocycles. The van der Waals surface area contributed by atoms with E-state index in [1.807, 2.05) is 24.3 Å². The van der Waals surface area contributed by atoms with E-state index in [2.05, 4.69) is 22.2 Å². The van der Waals surface area contributed by atoms with Gasteiger partial charge in [0.1, 0.15) is 0 Å². The summed E-state index contributed by atoms with van der Waals surface area (Å²) in [6, 6.07) is 8.55. The van der Waals surface area contributed by atoms with Crippen LogP contribution in [0.1, 0.15) is 42.5 Å². The molecule has 1 saturated carbocycles. The molecular formula is C19H25N3O. The number of amides is 1. The van der Waals surface area contributed by atoms with Gasteiger partial charge >= 0.3 is 0 Å². The number of carbonyl (C=O) groups excluding carboxylic acids is 1. The molecule has 4 nitrogen and oxygen atoms in total. The van der Waals surface area contributed by atoms with Crippen LogP contribution in [-0.2, 0) is 0 Å². The minimum absolute atomic E-state index is 0.0358. The number of benzene rings is 1. The summed E-state index contributed by atoms with van der Waals surface area (Å²) in [5.41, 5.74) is 0.656.